The maximum absolute atomic E-state index is 12.5. The molecular weight excluding hydrogens is 579 g/mol. The van der Waals surface area contributed by atoms with E-state index < -0.39 is 30.8 Å². The maximum atomic E-state index is 12.5. The van der Waals surface area contributed by atoms with Gasteiger partial charge >= 0.3 is 6.18 Å². The Morgan fingerprint density at radius 2 is 1.72 bits per heavy atom. The SMILES string of the molecule is C1CC1.FC1(F)CCCCC1.O=C(CCC(F)(F)F)NCc1cnn2cc(CNC(=O)c3conc3C3COC3)nc2c1. The Labute approximate surface area is 244 Å². The van der Waals surface area contributed by atoms with Crippen molar-refractivity contribution in [2.45, 2.75) is 95.3 Å². The number of imidazole rings is 1. The number of hydrogen-bond donors (Lipinski definition) is 2. The van der Waals surface area contributed by atoms with E-state index in [2.05, 4.69) is 25.9 Å². The fraction of sp³-hybridized carbons (Fsp3) is 0.607. The standard InChI is InChI=1S/C19H19F3N6O4.C6H10F2.C3H6/c20-19(21,22)2-1-16(29)23-4-11-3-15-26-13(7-28(15)25-5-11)6-24-18(30)14-10-32-27-17(14)12-8-31-9-12;7-6(8)4-2-1-3-5-6;1-2-3-1/h3,5,7,10,12H,1-2,4,6,8-9H2,(H,23,29)(H,24,30);1-5H2;1-3H2. The highest BCUT2D eigenvalue weighted by Gasteiger charge is 2.31. The highest BCUT2D eigenvalue weighted by atomic mass is 19.4. The topological polar surface area (TPSA) is 124 Å². The minimum atomic E-state index is -4.37. The second-order valence-electron chi connectivity index (χ2n) is 10.8. The molecule has 3 aromatic heterocycles. The molecule has 0 atom stereocenters. The first kappa shape index (κ1) is 32.3. The number of carbonyl (C=O) groups is 2. The zero-order valence-corrected chi connectivity index (χ0v) is 23.6. The summed E-state index contributed by atoms with van der Waals surface area (Å²) in [4.78, 5) is 28.4. The molecule has 2 aliphatic carbocycles. The molecule has 0 radical (unpaired) electrons. The molecule has 10 nitrogen and oxygen atoms in total. The van der Waals surface area contributed by atoms with Gasteiger partial charge in [0.1, 0.15) is 17.5 Å². The molecule has 3 fully saturated rings. The number of rotatable bonds is 8. The molecule has 6 rings (SSSR count). The number of fused-ring (bicyclic) bond motifs is 1. The third kappa shape index (κ3) is 10.9. The Morgan fingerprint density at radius 3 is 2.30 bits per heavy atom. The van der Waals surface area contributed by atoms with Crippen LogP contribution in [0.5, 0.6) is 0 Å². The highest BCUT2D eigenvalue weighted by molar-refractivity contribution is 5.95. The fourth-order valence-electron chi connectivity index (χ4n) is 4.13. The average Bonchev–Trinajstić information content (AvgIpc) is 3.64. The molecule has 43 heavy (non-hydrogen) atoms. The molecule has 0 unspecified atom stereocenters. The van der Waals surface area contributed by atoms with Crippen LogP contribution in [0, 0.1) is 0 Å². The normalized spacial score (nSPS) is 17.5. The molecule has 0 bridgehead atoms. The van der Waals surface area contributed by atoms with Crippen LogP contribution in [0.2, 0.25) is 0 Å². The van der Waals surface area contributed by atoms with E-state index in [1.165, 1.54) is 36.2 Å². The van der Waals surface area contributed by atoms with E-state index in [0.717, 1.165) is 6.42 Å². The fourth-order valence-corrected chi connectivity index (χ4v) is 4.13. The number of aromatic nitrogens is 4. The number of amides is 2. The maximum Gasteiger partial charge on any atom is 0.389 e. The van der Waals surface area contributed by atoms with Gasteiger partial charge in [-0.15, -0.1) is 0 Å². The van der Waals surface area contributed by atoms with Gasteiger partial charge in [-0.1, -0.05) is 30.8 Å². The van der Waals surface area contributed by atoms with Crippen LogP contribution in [0.1, 0.15) is 97.4 Å². The number of alkyl halides is 5. The molecule has 3 aromatic rings. The van der Waals surface area contributed by atoms with Crippen molar-refractivity contribution in [1.29, 1.82) is 0 Å². The lowest BCUT2D eigenvalue weighted by Gasteiger charge is -2.24. The highest BCUT2D eigenvalue weighted by Crippen LogP contribution is 2.32. The van der Waals surface area contributed by atoms with Crippen molar-refractivity contribution in [2.24, 2.45) is 0 Å². The Morgan fingerprint density at radius 1 is 1.02 bits per heavy atom. The van der Waals surface area contributed by atoms with Gasteiger partial charge in [-0.05, 0) is 24.5 Å². The van der Waals surface area contributed by atoms with Crippen LogP contribution in [-0.2, 0) is 22.6 Å². The van der Waals surface area contributed by atoms with Crippen molar-refractivity contribution in [3.63, 3.8) is 0 Å². The predicted molar refractivity (Wildman–Crippen MR) is 143 cm³/mol. The smallest absolute Gasteiger partial charge is 0.380 e. The van der Waals surface area contributed by atoms with Crippen LogP contribution in [0.3, 0.4) is 0 Å². The van der Waals surface area contributed by atoms with E-state index in [1.54, 1.807) is 12.3 Å². The second kappa shape index (κ2) is 14.7. The predicted octanol–water partition coefficient (Wildman–Crippen LogP) is 5.48. The lowest BCUT2D eigenvalue weighted by Crippen LogP contribution is -2.29. The largest absolute Gasteiger partial charge is 0.389 e. The van der Waals surface area contributed by atoms with Crippen molar-refractivity contribution in [3.05, 3.63) is 47.2 Å². The monoisotopic (exact) mass is 614 g/mol. The molecule has 236 valence electrons. The number of ether oxygens (including phenoxy) is 1. The number of halogens is 5. The van der Waals surface area contributed by atoms with Gasteiger partial charge in [0.2, 0.25) is 11.8 Å². The van der Waals surface area contributed by atoms with Crippen LogP contribution in [-0.4, -0.2) is 56.9 Å². The summed E-state index contributed by atoms with van der Waals surface area (Å²) >= 11 is 0. The zero-order valence-electron chi connectivity index (χ0n) is 23.6. The summed E-state index contributed by atoms with van der Waals surface area (Å²) < 4.78 is 72.5. The second-order valence-corrected chi connectivity index (χ2v) is 10.8. The van der Waals surface area contributed by atoms with E-state index in [4.69, 9.17) is 9.26 Å². The van der Waals surface area contributed by atoms with Gasteiger partial charge in [0.05, 0.1) is 50.2 Å². The molecular formula is C28H35F5N6O4. The van der Waals surface area contributed by atoms with Crippen LogP contribution in [0.15, 0.2) is 29.2 Å². The Kier molecular flexibility index (Phi) is 11.0. The van der Waals surface area contributed by atoms with E-state index in [0.29, 0.717) is 54.2 Å². The van der Waals surface area contributed by atoms with Gasteiger partial charge in [0, 0.05) is 25.8 Å². The minimum Gasteiger partial charge on any atom is -0.380 e. The summed E-state index contributed by atoms with van der Waals surface area (Å²) in [6.45, 7) is 1.16. The third-order valence-corrected chi connectivity index (χ3v) is 6.79. The summed E-state index contributed by atoms with van der Waals surface area (Å²) in [5, 5.41) is 13.2. The molecule has 1 aliphatic heterocycles. The molecule has 0 aromatic carbocycles. The molecule has 2 saturated carbocycles. The number of nitrogens with one attached hydrogen (secondary N) is 2. The molecule has 4 heterocycles. The van der Waals surface area contributed by atoms with Gasteiger partial charge in [0.15, 0.2) is 5.65 Å². The summed E-state index contributed by atoms with van der Waals surface area (Å²) in [5.74, 6) is -3.32. The van der Waals surface area contributed by atoms with Crippen molar-refractivity contribution >= 4 is 17.5 Å². The Bertz CT molecular complexity index is 1340. The molecule has 2 amide bonds. The summed E-state index contributed by atoms with van der Waals surface area (Å²) in [7, 11) is 0. The summed E-state index contributed by atoms with van der Waals surface area (Å²) in [5.41, 5.74) is 2.50. The summed E-state index contributed by atoms with van der Waals surface area (Å²) in [6.07, 6.45) is 5.39. The van der Waals surface area contributed by atoms with Gasteiger partial charge in [-0.2, -0.15) is 18.3 Å². The molecule has 15 heteroatoms. The first-order chi connectivity index (χ1) is 20.5. The Hall–Kier alpha value is -3.62. The molecule has 0 spiro atoms. The van der Waals surface area contributed by atoms with Crippen molar-refractivity contribution in [3.8, 4) is 0 Å². The molecule has 3 aliphatic rings. The molecule has 1 saturated heterocycles. The number of nitrogens with zero attached hydrogens (tertiary/aromatic N) is 4. The van der Waals surface area contributed by atoms with Gasteiger partial charge < -0.3 is 19.9 Å². The van der Waals surface area contributed by atoms with Crippen molar-refractivity contribution < 1.29 is 40.8 Å². The van der Waals surface area contributed by atoms with Crippen LogP contribution < -0.4 is 10.6 Å². The average molecular weight is 615 g/mol. The number of hydrogen-bond acceptors (Lipinski definition) is 7. The van der Waals surface area contributed by atoms with Gasteiger partial charge in [-0.25, -0.2) is 18.3 Å². The lowest BCUT2D eigenvalue weighted by atomic mass is 9.97. The van der Waals surface area contributed by atoms with Gasteiger partial charge in [0.25, 0.3) is 5.91 Å². The molecule has 2 N–H and O–H groups in total. The van der Waals surface area contributed by atoms with E-state index in [-0.39, 0.29) is 37.8 Å². The van der Waals surface area contributed by atoms with Crippen LogP contribution >= 0.6 is 0 Å². The van der Waals surface area contributed by atoms with Crippen molar-refractivity contribution in [1.82, 2.24) is 30.4 Å². The van der Waals surface area contributed by atoms with E-state index in [9.17, 15) is 31.5 Å². The van der Waals surface area contributed by atoms with Crippen LogP contribution in [0.4, 0.5) is 22.0 Å². The lowest BCUT2D eigenvalue weighted by molar-refractivity contribution is -0.144. The number of carbonyl (C=O) groups excluding carboxylic acids is 2. The van der Waals surface area contributed by atoms with Crippen LogP contribution in [0.25, 0.3) is 5.65 Å². The first-order valence-electron chi connectivity index (χ1n) is 14.3. The first-order valence-corrected chi connectivity index (χ1v) is 14.3. The zero-order chi connectivity index (χ0) is 30.9. The quantitative estimate of drug-likeness (QED) is 0.322. The minimum absolute atomic E-state index is 0.0280. The van der Waals surface area contributed by atoms with Crippen molar-refractivity contribution in [2.75, 3.05) is 13.2 Å². The van der Waals surface area contributed by atoms with Gasteiger partial charge in [-0.3, -0.25) is 9.59 Å². The van der Waals surface area contributed by atoms with E-state index in [1.807, 2.05) is 0 Å². The third-order valence-electron chi connectivity index (χ3n) is 6.79. The van der Waals surface area contributed by atoms with E-state index >= 15 is 0 Å². The summed E-state index contributed by atoms with van der Waals surface area (Å²) in [6, 6.07) is 1.65. The Balaban J connectivity index is 0.000000321.